The standard InChI is InChI=1S/C18H27N5/c1-13(2)15-8-6-7-9-16(15)21-18-20-14(3)12-17(22-18)19-10-11-23(4)5/h6-9,12-13H,10-11H2,1-5H3,(H2,19,20,21,22). The van der Waals surface area contributed by atoms with Crippen LogP contribution in [0.1, 0.15) is 31.0 Å². The van der Waals surface area contributed by atoms with Gasteiger partial charge in [0.25, 0.3) is 0 Å². The minimum absolute atomic E-state index is 0.446. The van der Waals surface area contributed by atoms with Crippen LogP contribution < -0.4 is 10.6 Å². The van der Waals surface area contributed by atoms with Gasteiger partial charge in [-0.15, -0.1) is 0 Å². The molecular formula is C18H27N5. The summed E-state index contributed by atoms with van der Waals surface area (Å²) < 4.78 is 0. The van der Waals surface area contributed by atoms with Gasteiger partial charge in [0.2, 0.25) is 5.95 Å². The van der Waals surface area contributed by atoms with Gasteiger partial charge in [-0.2, -0.15) is 4.98 Å². The predicted octanol–water partition coefficient (Wildman–Crippen LogP) is 3.63. The van der Waals surface area contributed by atoms with Crippen LogP contribution in [0.4, 0.5) is 17.5 Å². The van der Waals surface area contributed by atoms with Crippen molar-refractivity contribution in [3.63, 3.8) is 0 Å². The van der Waals surface area contributed by atoms with Crippen LogP contribution in [0.3, 0.4) is 0 Å². The summed E-state index contributed by atoms with van der Waals surface area (Å²) in [6, 6.07) is 10.3. The number of likely N-dealkylation sites (N-methyl/N-ethyl adjacent to an activating group) is 1. The van der Waals surface area contributed by atoms with E-state index in [0.717, 1.165) is 30.3 Å². The molecular weight excluding hydrogens is 286 g/mol. The van der Waals surface area contributed by atoms with Crippen LogP contribution in [0.5, 0.6) is 0 Å². The maximum Gasteiger partial charge on any atom is 0.229 e. The summed E-state index contributed by atoms with van der Waals surface area (Å²) in [5.41, 5.74) is 3.27. The summed E-state index contributed by atoms with van der Waals surface area (Å²) in [6.45, 7) is 8.17. The predicted molar refractivity (Wildman–Crippen MR) is 97.6 cm³/mol. The van der Waals surface area contributed by atoms with E-state index in [9.17, 15) is 0 Å². The fourth-order valence-electron chi connectivity index (χ4n) is 2.36. The Morgan fingerprint density at radius 2 is 1.87 bits per heavy atom. The van der Waals surface area contributed by atoms with Gasteiger partial charge in [0, 0.05) is 30.5 Å². The quantitative estimate of drug-likeness (QED) is 0.817. The van der Waals surface area contributed by atoms with Crippen LogP contribution in [0.25, 0.3) is 0 Å². The molecule has 1 aromatic carbocycles. The molecule has 0 fully saturated rings. The molecule has 124 valence electrons. The topological polar surface area (TPSA) is 53.1 Å². The van der Waals surface area contributed by atoms with Gasteiger partial charge in [0.1, 0.15) is 5.82 Å². The van der Waals surface area contributed by atoms with E-state index in [2.05, 4.69) is 71.6 Å². The first-order valence-electron chi connectivity index (χ1n) is 8.06. The van der Waals surface area contributed by atoms with Crippen LogP contribution in [0.15, 0.2) is 30.3 Å². The van der Waals surface area contributed by atoms with E-state index in [0.29, 0.717) is 11.9 Å². The fraction of sp³-hybridized carbons (Fsp3) is 0.444. The number of rotatable bonds is 7. The van der Waals surface area contributed by atoms with Crippen molar-refractivity contribution in [2.45, 2.75) is 26.7 Å². The lowest BCUT2D eigenvalue weighted by Gasteiger charge is -2.15. The van der Waals surface area contributed by atoms with Crippen molar-refractivity contribution in [3.05, 3.63) is 41.6 Å². The monoisotopic (exact) mass is 313 g/mol. The van der Waals surface area contributed by atoms with E-state index in [-0.39, 0.29) is 0 Å². The molecule has 23 heavy (non-hydrogen) atoms. The van der Waals surface area contributed by atoms with Crippen molar-refractivity contribution in [3.8, 4) is 0 Å². The Labute approximate surface area is 139 Å². The number of aromatic nitrogens is 2. The number of nitrogens with one attached hydrogen (secondary N) is 2. The van der Waals surface area contributed by atoms with Crippen molar-refractivity contribution >= 4 is 17.5 Å². The Hall–Kier alpha value is -2.14. The van der Waals surface area contributed by atoms with Crippen molar-refractivity contribution in [2.75, 3.05) is 37.8 Å². The Kier molecular flexibility index (Phi) is 5.93. The zero-order valence-corrected chi connectivity index (χ0v) is 14.7. The van der Waals surface area contributed by atoms with Crippen molar-refractivity contribution < 1.29 is 0 Å². The summed E-state index contributed by atoms with van der Waals surface area (Å²) in [4.78, 5) is 11.2. The SMILES string of the molecule is Cc1cc(NCCN(C)C)nc(Nc2ccccc2C(C)C)n1. The van der Waals surface area contributed by atoms with Crippen LogP contribution in [-0.2, 0) is 0 Å². The van der Waals surface area contributed by atoms with Gasteiger partial charge in [-0.3, -0.25) is 0 Å². The average molecular weight is 313 g/mol. The number of benzene rings is 1. The summed E-state index contributed by atoms with van der Waals surface area (Å²) >= 11 is 0. The summed E-state index contributed by atoms with van der Waals surface area (Å²) in [5.74, 6) is 1.93. The van der Waals surface area contributed by atoms with Crippen molar-refractivity contribution in [1.29, 1.82) is 0 Å². The first-order valence-corrected chi connectivity index (χ1v) is 8.06. The highest BCUT2D eigenvalue weighted by atomic mass is 15.2. The highest BCUT2D eigenvalue weighted by molar-refractivity contribution is 5.60. The molecule has 0 aliphatic carbocycles. The molecule has 1 heterocycles. The molecule has 0 aliphatic rings. The van der Waals surface area contributed by atoms with E-state index in [1.165, 1.54) is 5.56 Å². The smallest absolute Gasteiger partial charge is 0.229 e. The lowest BCUT2D eigenvalue weighted by atomic mass is 10.0. The molecule has 0 spiro atoms. The maximum absolute atomic E-state index is 4.57. The van der Waals surface area contributed by atoms with Gasteiger partial charge >= 0.3 is 0 Å². The average Bonchev–Trinajstić information content (AvgIpc) is 2.46. The normalized spacial score (nSPS) is 11.1. The molecule has 0 aliphatic heterocycles. The summed E-state index contributed by atoms with van der Waals surface area (Å²) in [5, 5.41) is 6.71. The fourth-order valence-corrected chi connectivity index (χ4v) is 2.36. The van der Waals surface area contributed by atoms with Crippen LogP contribution in [0.2, 0.25) is 0 Å². The number of hydrogen-bond donors (Lipinski definition) is 2. The van der Waals surface area contributed by atoms with Crippen LogP contribution >= 0.6 is 0 Å². The van der Waals surface area contributed by atoms with Gasteiger partial charge in [0.15, 0.2) is 0 Å². The molecule has 0 bridgehead atoms. The third-order valence-electron chi connectivity index (χ3n) is 3.55. The molecule has 2 rings (SSSR count). The van der Waals surface area contributed by atoms with Gasteiger partial charge in [-0.05, 0) is 38.6 Å². The third-order valence-corrected chi connectivity index (χ3v) is 3.55. The van der Waals surface area contributed by atoms with Crippen molar-refractivity contribution in [2.24, 2.45) is 0 Å². The lowest BCUT2D eigenvalue weighted by molar-refractivity contribution is 0.425. The Balaban J connectivity index is 2.15. The van der Waals surface area contributed by atoms with Crippen molar-refractivity contribution in [1.82, 2.24) is 14.9 Å². The molecule has 0 saturated carbocycles. The molecule has 5 nitrogen and oxygen atoms in total. The highest BCUT2D eigenvalue weighted by Gasteiger charge is 2.08. The highest BCUT2D eigenvalue weighted by Crippen LogP contribution is 2.26. The minimum atomic E-state index is 0.446. The molecule has 0 saturated heterocycles. The third kappa shape index (κ3) is 5.21. The zero-order chi connectivity index (χ0) is 16.8. The lowest BCUT2D eigenvalue weighted by Crippen LogP contribution is -2.21. The number of aryl methyl sites for hydroxylation is 1. The Bertz CT molecular complexity index is 637. The number of para-hydroxylation sites is 1. The number of anilines is 3. The first-order chi connectivity index (χ1) is 11.0. The summed E-state index contributed by atoms with van der Waals surface area (Å²) in [6.07, 6.45) is 0. The van der Waals surface area contributed by atoms with E-state index in [1.54, 1.807) is 0 Å². The largest absolute Gasteiger partial charge is 0.369 e. The van der Waals surface area contributed by atoms with E-state index < -0.39 is 0 Å². The van der Waals surface area contributed by atoms with Gasteiger partial charge in [0.05, 0.1) is 0 Å². The molecule has 0 radical (unpaired) electrons. The second-order valence-electron chi connectivity index (χ2n) is 6.32. The maximum atomic E-state index is 4.57. The second kappa shape index (κ2) is 7.92. The van der Waals surface area contributed by atoms with E-state index >= 15 is 0 Å². The van der Waals surface area contributed by atoms with Crippen LogP contribution in [0, 0.1) is 6.92 Å². The molecule has 0 unspecified atom stereocenters. The molecule has 2 aromatic rings. The van der Waals surface area contributed by atoms with Crippen LogP contribution in [-0.4, -0.2) is 42.1 Å². The summed E-state index contributed by atoms with van der Waals surface area (Å²) in [7, 11) is 4.12. The van der Waals surface area contributed by atoms with Gasteiger partial charge < -0.3 is 15.5 Å². The number of hydrogen-bond acceptors (Lipinski definition) is 5. The first kappa shape index (κ1) is 17.2. The minimum Gasteiger partial charge on any atom is -0.369 e. The van der Waals surface area contributed by atoms with E-state index in [1.807, 2.05) is 19.1 Å². The Morgan fingerprint density at radius 3 is 2.57 bits per heavy atom. The molecule has 5 heteroatoms. The molecule has 1 aromatic heterocycles. The zero-order valence-electron chi connectivity index (χ0n) is 14.7. The van der Waals surface area contributed by atoms with E-state index in [4.69, 9.17) is 0 Å². The van der Waals surface area contributed by atoms with Gasteiger partial charge in [-0.25, -0.2) is 4.98 Å². The molecule has 0 amide bonds. The molecule has 2 N–H and O–H groups in total. The molecule has 0 atom stereocenters. The number of nitrogens with zero attached hydrogens (tertiary/aromatic N) is 3. The Morgan fingerprint density at radius 1 is 1.13 bits per heavy atom. The second-order valence-corrected chi connectivity index (χ2v) is 6.32. The van der Waals surface area contributed by atoms with Gasteiger partial charge in [-0.1, -0.05) is 32.0 Å².